The minimum atomic E-state index is -0.156. The zero-order valence-corrected chi connectivity index (χ0v) is 10.6. The molecule has 2 bridgehead atoms. The molecule has 98 valence electrons. The molecule has 2 aliphatic carbocycles. The Labute approximate surface area is 108 Å². The highest BCUT2D eigenvalue weighted by Gasteiger charge is 2.42. The van der Waals surface area contributed by atoms with Gasteiger partial charge in [-0.25, -0.2) is 4.39 Å². The van der Waals surface area contributed by atoms with Gasteiger partial charge in [-0.3, -0.25) is 11.3 Å². The standard InChI is InChI=1S/C15H21FN2/c16-13-3-1-2-10(7-13)9-15(18-17)14-8-11-4-5-12(14)6-11/h1-3,7,11-12,14-15,18H,4-6,8-9,17H2. The maximum Gasteiger partial charge on any atom is 0.123 e. The Balaban J connectivity index is 1.69. The number of hydrogen-bond acceptors (Lipinski definition) is 2. The van der Waals surface area contributed by atoms with E-state index >= 15 is 0 Å². The first-order valence-electron chi connectivity index (χ1n) is 6.97. The number of halogens is 1. The van der Waals surface area contributed by atoms with Crippen LogP contribution in [-0.4, -0.2) is 6.04 Å². The molecular formula is C15H21FN2. The molecular weight excluding hydrogens is 227 g/mol. The first kappa shape index (κ1) is 12.1. The van der Waals surface area contributed by atoms with Crippen molar-refractivity contribution in [1.82, 2.24) is 5.43 Å². The van der Waals surface area contributed by atoms with Gasteiger partial charge in [0.15, 0.2) is 0 Å². The van der Waals surface area contributed by atoms with E-state index in [-0.39, 0.29) is 5.82 Å². The molecule has 4 unspecified atom stereocenters. The lowest BCUT2D eigenvalue weighted by molar-refractivity contribution is 0.248. The summed E-state index contributed by atoms with van der Waals surface area (Å²) in [6.07, 6.45) is 6.28. The Bertz CT molecular complexity index is 421. The van der Waals surface area contributed by atoms with E-state index in [2.05, 4.69) is 5.43 Å². The summed E-state index contributed by atoms with van der Waals surface area (Å²) in [4.78, 5) is 0. The van der Waals surface area contributed by atoms with Crippen LogP contribution in [0.15, 0.2) is 24.3 Å². The van der Waals surface area contributed by atoms with Crippen LogP contribution < -0.4 is 11.3 Å². The van der Waals surface area contributed by atoms with Gasteiger partial charge in [-0.1, -0.05) is 18.6 Å². The molecule has 0 amide bonds. The van der Waals surface area contributed by atoms with Crippen molar-refractivity contribution in [3.63, 3.8) is 0 Å². The second-order valence-electron chi connectivity index (χ2n) is 5.95. The van der Waals surface area contributed by atoms with Crippen LogP contribution in [-0.2, 0) is 6.42 Å². The van der Waals surface area contributed by atoms with Gasteiger partial charge in [0.1, 0.15) is 5.82 Å². The molecule has 2 nitrogen and oxygen atoms in total. The molecule has 1 aromatic carbocycles. The lowest BCUT2D eigenvalue weighted by Gasteiger charge is -2.30. The maximum absolute atomic E-state index is 13.2. The molecule has 2 fully saturated rings. The molecule has 3 rings (SSSR count). The van der Waals surface area contributed by atoms with E-state index in [1.807, 2.05) is 6.07 Å². The molecule has 0 spiro atoms. The van der Waals surface area contributed by atoms with Crippen molar-refractivity contribution >= 4 is 0 Å². The van der Waals surface area contributed by atoms with Gasteiger partial charge in [-0.2, -0.15) is 0 Å². The number of hydrogen-bond donors (Lipinski definition) is 2. The van der Waals surface area contributed by atoms with Crippen LogP contribution in [0.1, 0.15) is 31.2 Å². The Kier molecular flexibility index (Phi) is 3.35. The normalized spacial score (nSPS) is 31.8. The van der Waals surface area contributed by atoms with Gasteiger partial charge in [-0.15, -0.1) is 0 Å². The lowest BCUT2D eigenvalue weighted by Crippen LogP contribution is -2.44. The van der Waals surface area contributed by atoms with Crippen molar-refractivity contribution in [3.8, 4) is 0 Å². The average molecular weight is 248 g/mol. The number of nitrogens with two attached hydrogens (primary N) is 1. The first-order valence-corrected chi connectivity index (χ1v) is 6.97. The SMILES string of the molecule is NNC(Cc1cccc(F)c1)C1CC2CCC1C2. The molecule has 3 heteroatoms. The quantitative estimate of drug-likeness (QED) is 0.635. The molecule has 0 heterocycles. The maximum atomic E-state index is 13.2. The van der Waals surface area contributed by atoms with E-state index in [0.717, 1.165) is 23.8 Å². The molecule has 3 N–H and O–H groups in total. The van der Waals surface area contributed by atoms with Gasteiger partial charge in [0.25, 0.3) is 0 Å². The van der Waals surface area contributed by atoms with Crippen LogP contribution in [0, 0.1) is 23.6 Å². The molecule has 0 radical (unpaired) electrons. The molecule has 2 aliphatic rings. The monoisotopic (exact) mass is 248 g/mol. The van der Waals surface area contributed by atoms with Crippen LogP contribution >= 0.6 is 0 Å². The topological polar surface area (TPSA) is 38.0 Å². The summed E-state index contributed by atoms with van der Waals surface area (Å²) < 4.78 is 13.2. The fourth-order valence-corrected chi connectivity index (χ4v) is 4.04. The Morgan fingerprint density at radius 3 is 2.83 bits per heavy atom. The van der Waals surface area contributed by atoms with Crippen molar-refractivity contribution in [3.05, 3.63) is 35.6 Å². The number of fused-ring (bicyclic) bond motifs is 2. The molecule has 0 aromatic heterocycles. The Morgan fingerprint density at radius 1 is 1.33 bits per heavy atom. The number of benzene rings is 1. The highest BCUT2D eigenvalue weighted by atomic mass is 19.1. The molecule has 4 atom stereocenters. The smallest absolute Gasteiger partial charge is 0.123 e. The predicted molar refractivity (Wildman–Crippen MR) is 70.2 cm³/mol. The fourth-order valence-electron chi connectivity index (χ4n) is 4.04. The minimum absolute atomic E-state index is 0.156. The van der Waals surface area contributed by atoms with Crippen LogP contribution in [0.5, 0.6) is 0 Å². The molecule has 1 aromatic rings. The van der Waals surface area contributed by atoms with Gasteiger partial charge >= 0.3 is 0 Å². The number of nitrogens with one attached hydrogen (secondary N) is 1. The van der Waals surface area contributed by atoms with E-state index in [1.54, 1.807) is 12.1 Å². The molecule has 0 aliphatic heterocycles. The summed E-state index contributed by atoms with van der Waals surface area (Å²) in [5.41, 5.74) is 4.02. The van der Waals surface area contributed by atoms with E-state index in [4.69, 9.17) is 5.84 Å². The predicted octanol–water partition coefficient (Wildman–Crippen LogP) is 2.64. The summed E-state index contributed by atoms with van der Waals surface area (Å²) in [6.45, 7) is 0. The Morgan fingerprint density at radius 2 is 2.22 bits per heavy atom. The summed E-state index contributed by atoms with van der Waals surface area (Å²) in [7, 11) is 0. The van der Waals surface area contributed by atoms with E-state index in [9.17, 15) is 4.39 Å². The van der Waals surface area contributed by atoms with Gasteiger partial charge < -0.3 is 0 Å². The minimum Gasteiger partial charge on any atom is -0.271 e. The molecule has 2 saturated carbocycles. The second-order valence-corrected chi connectivity index (χ2v) is 5.95. The largest absolute Gasteiger partial charge is 0.271 e. The van der Waals surface area contributed by atoms with Crippen molar-refractivity contribution in [2.75, 3.05) is 0 Å². The van der Waals surface area contributed by atoms with E-state index in [0.29, 0.717) is 12.0 Å². The van der Waals surface area contributed by atoms with Crippen LogP contribution in [0.3, 0.4) is 0 Å². The third-order valence-electron chi connectivity index (χ3n) is 4.87. The van der Waals surface area contributed by atoms with E-state index in [1.165, 1.54) is 31.7 Å². The van der Waals surface area contributed by atoms with Gasteiger partial charge in [0, 0.05) is 6.04 Å². The van der Waals surface area contributed by atoms with Crippen molar-refractivity contribution in [1.29, 1.82) is 0 Å². The van der Waals surface area contributed by atoms with Gasteiger partial charge in [0.05, 0.1) is 0 Å². The fraction of sp³-hybridized carbons (Fsp3) is 0.600. The van der Waals surface area contributed by atoms with Gasteiger partial charge in [0.2, 0.25) is 0 Å². The van der Waals surface area contributed by atoms with Crippen molar-refractivity contribution in [2.24, 2.45) is 23.6 Å². The summed E-state index contributed by atoms with van der Waals surface area (Å²) in [5.74, 6) is 8.01. The van der Waals surface area contributed by atoms with Crippen molar-refractivity contribution < 1.29 is 4.39 Å². The third kappa shape index (κ3) is 2.29. The second kappa shape index (κ2) is 4.98. The average Bonchev–Trinajstić information content (AvgIpc) is 2.98. The van der Waals surface area contributed by atoms with Gasteiger partial charge in [-0.05, 0) is 61.1 Å². The zero-order valence-electron chi connectivity index (χ0n) is 10.6. The molecule has 0 saturated heterocycles. The lowest BCUT2D eigenvalue weighted by atomic mass is 9.81. The van der Waals surface area contributed by atoms with Crippen LogP contribution in [0.25, 0.3) is 0 Å². The van der Waals surface area contributed by atoms with Crippen molar-refractivity contribution in [2.45, 2.75) is 38.1 Å². The third-order valence-corrected chi connectivity index (χ3v) is 4.87. The summed E-state index contributed by atoms with van der Waals surface area (Å²) in [5, 5.41) is 0. The highest BCUT2D eigenvalue weighted by Crippen LogP contribution is 2.49. The molecule has 18 heavy (non-hydrogen) atoms. The summed E-state index contributed by atoms with van der Waals surface area (Å²) in [6, 6.07) is 7.17. The van der Waals surface area contributed by atoms with E-state index < -0.39 is 0 Å². The zero-order chi connectivity index (χ0) is 12.5. The first-order chi connectivity index (χ1) is 8.76. The number of rotatable bonds is 4. The van der Waals surface area contributed by atoms with Crippen LogP contribution in [0.4, 0.5) is 4.39 Å². The highest BCUT2D eigenvalue weighted by molar-refractivity contribution is 5.18. The Hall–Kier alpha value is -0.930. The van der Waals surface area contributed by atoms with Crippen LogP contribution in [0.2, 0.25) is 0 Å². The number of hydrazine groups is 1. The summed E-state index contributed by atoms with van der Waals surface area (Å²) >= 11 is 0.